The van der Waals surface area contributed by atoms with Crippen LogP contribution in [0.5, 0.6) is 0 Å². The van der Waals surface area contributed by atoms with E-state index in [-0.39, 0.29) is 11.9 Å². The van der Waals surface area contributed by atoms with Crippen LogP contribution >= 0.6 is 11.6 Å². The highest BCUT2D eigenvalue weighted by Crippen LogP contribution is 2.21. The quantitative estimate of drug-likeness (QED) is 0.747. The molecule has 100 valence electrons. The van der Waals surface area contributed by atoms with Crippen LogP contribution in [0.1, 0.15) is 38.3 Å². The molecule has 0 heterocycles. The zero-order valence-electron chi connectivity index (χ0n) is 11.0. The van der Waals surface area contributed by atoms with Gasteiger partial charge in [0.25, 0.3) is 0 Å². The minimum Gasteiger partial charge on any atom is -0.355 e. The third-order valence-corrected chi connectivity index (χ3v) is 3.14. The van der Waals surface area contributed by atoms with E-state index in [1.54, 1.807) is 0 Å². The molecule has 1 rings (SSSR count). The van der Waals surface area contributed by atoms with Gasteiger partial charge in [0.1, 0.15) is 0 Å². The molecule has 1 atom stereocenters. The predicted octanol–water partition coefficient (Wildman–Crippen LogP) is 2.91. The maximum Gasteiger partial charge on any atom is 0.233 e. The second kappa shape index (κ2) is 8.11. The van der Waals surface area contributed by atoms with Crippen LogP contribution in [-0.4, -0.2) is 19.0 Å². The number of nitrogens with one attached hydrogen (secondary N) is 2. The van der Waals surface area contributed by atoms with Crippen LogP contribution in [0.3, 0.4) is 0 Å². The second-order valence-electron chi connectivity index (χ2n) is 4.33. The summed E-state index contributed by atoms with van der Waals surface area (Å²) in [4.78, 5) is 11.5. The van der Waals surface area contributed by atoms with Gasteiger partial charge < -0.3 is 10.6 Å². The van der Waals surface area contributed by atoms with E-state index in [9.17, 15) is 4.79 Å². The van der Waals surface area contributed by atoms with Crippen LogP contribution < -0.4 is 10.6 Å². The van der Waals surface area contributed by atoms with Gasteiger partial charge in [-0.05, 0) is 25.0 Å². The average molecular weight is 269 g/mol. The topological polar surface area (TPSA) is 41.1 Å². The highest BCUT2D eigenvalue weighted by Gasteiger charge is 2.09. The molecule has 0 aliphatic carbocycles. The Hall–Kier alpha value is -1.06. The molecule has 0 aliphatic rings. The maximum absolute atomic E-state index is 11.5. The summed E-state index contributed by atoms with van der Waals surface area (Å²) in [5.74, 6) is 0.0300. The summed E-state index contributed by atoms with van der Waals surface area (Å²) in [7, 11) is 0. The third kappa shape index (κ3) is 5.07. The summed E-state index contributed by atoms with van der Waals surface area (Å²) in [5.41, 5.74) is 1.01. The Balaban J connectivity index is 2.35. The molecule has 2 N–H and O–H groups in total. The molecule has 4 heteroatoms. The lowest BCUT2D eigenvalue weighted by Crippen LogP contribution is -2.35. The first kappa shape index (κ1) is 15.0. The molecule has 0 bridgehead atoms. The van der Waals surface area contributed by atoms with Crippen molar-refractivity contribution in [3.05, 3.63) is 34.9 Å². The van der Waals surface area contributed by atoms with Crippen LogP contribution in [0.15, 0.2) is 24.3 Å². The lowest BCUT2D eigenvalue weighted by Gasteiger charge is -2.15. The number of hydrogen-bond donors (Lipinski definition) is 2. The molecule has 3 nitrogen and oxygen atoms in total. The molecule has 0 fully saturated rings. The zero-order valence-corrected chi connectivity index (χ0v) is 11.8. The molecular weight excluding hydrogens is 248 g/mol. The largest absolute Gasteiger partial charge is 0.355 e. The molecule has 1 aromatic rings. The fourth-order valence-electron chi connectivity index (χ4n) is 1.65. The van der Waals surface area contributed by atoms with Gasteiger partial charge >= 0.3 is 0 Å². The Morgan fingerprint density at radius 1 is 1.39 bits per heavy atom. The minimum absolute atomic E-state index is 0.0300. The van der Waals surface area contributed by atoms with Crippen molar-refractivity contribution in [2.45, 2.75) is 32.7 Å². The van der Waals surface area contributed by atoms with Gasteiger partial charge in [-0.3, -0.25) is 4.79 Å². The Morgan fingerprint density at radius 3 is 2.78 bits per heavy atom. The lowest BCUT2D eigenvalue weighted by molar-refractivity contribution is -0.120. The Labute approximate surface area is 114 Å². The Bertz CT molecular complexity index is 382. The van der Waals surface area contributed by atoms with E-state index in [2.05, 4.69) is 17.6 Å². The van der Waals surface area contributed by atoms with Crippen molar-refractivity contribution in [3.63, 3.8) is 0 Å². The van der Waals surface area contributed by atoms with Gasteiger partial charge in [0.15, 0.2) is 0 Å². The standard InChI is InChI=1S/C14H21ClN2O/c1-3-4-9-16-14(18)10-17-11(2)12-7-5-6-8-13(12)15/h5-8,11,17H,3-4,9-10H2,1-2H3,(H,16,18)/t11-/m1/s1. The van der Waals surface area contributed by atoms with Gasteiger partial charge in [-0.25, -0.2) is 0 Å². The number of rotatable bonds is 7. The smallest absolute Gasteiger partial charge is 0.233 e. The summed E-state index contributed by atoms with van der Waals surface area (Å²) in [5, 5.41) is 6.77. The number of unbranched alkanes of at least 4 members (excludes halogenated alkanes) is 1. The van der Waals surface area contributed by atoms with Crippen molar-refractivity contribution < 1.29 is 4.79 Å². The van der Waals surface area contributed by atoms with Crippen LogP contribution in [0.4, 0.5) is 0 Å². The second-order valence-corrected chi connectivity index (χ2v) is 4.73. The van der Waals surface area contributed by atoms with Crippen molar-refractivity contribution in [2.75, 3.05) is 13.1 Å². The van der Waals surface area contributed by atoms with Gasteiger partial charge in [-0.1, -0.05) is 43.1 Å². The van der Waals surface area contributed by atoms with Crippen LogP contribution in [-0.2, 0) is 4.79 Å². The van der Waals surface area contributed by atoms with Gasteiger partial charge in [0, 0.05) is 17.6 Å². The molecule has 0 radical (unpaired) electrons. The molecule has 0 saturated heterocycles. The summed E-state index contributed by atoms with van der Waals surface area (Å²) in [6.45, 7) is 5.16. The van der Waals surface area contributed by atoms with E-state index >= 15 is 0 Å². The van der Waals surface area contributed by atoms with Gasteiger partial charge in [-0.15, -0.1) is 0 Å². The van der Waals surface area contributed by atoms with Crippen molar-refractivity contribution in [3.8, 4) is 0 Å². The molecule has 1 amide bonds. The molecule has 0 spiro atoms. The van der Waals surface area contributed by atoms with Crippen molar-refractivity contribution in [1.29, 1.82) is 0 Å². The summed E-state index contributed by atoms with van der Waals surface area (Å²) in [6, 6.07) is 7.73. The van der Waals surface area contributed by atoms with Gasteiger partial charge in [-0.2, -0.15) is 0 Å². The first-order valence-corrected chi connectivity index (χ1v) is 6.77. The fourth-order valence-corrected chi connectivity index (χ4v) is 1.95. The lowest BCUT2D eigenvalue weighted by atomic mass is 10.1. The normalized spacial score (nSPS) is 12.2. The minimum atomic E-state index is 0.0300. The number of carbonyl (C=O) groups excluding carboxylic acids is 1. The number of benzene rings is 1. The first-order valence-electron chi connectivity index (χ1n) is 6.39. The van der Waals surface area contributed by atoms with Crippen molar-refractivity contribution in [2.24, 2.45) is 0 Å². The molecule has 0 aliphatic heterocycles. The molecular formula is C14H21ClN2O. The van der Waals surface area contributed by atoms with E-state index in [0.717, 1.165) is 30.0 Å². The van der Waals surface area contributed by atoms with E-state index in [0.29, 0.717) is 6.54 Å². The summed E-state index contributed by atoms with van der Waals surface area (Å²) in [6.07, 6.45) is 2.11. The highest BCUT2D eigenvalue weighted by molar-refractivity contribution is 6.31. The van der Waals surface area contributed by atoms with E-state index < -0.39 is 0 Å². The SMILES string of the molecule is CCCCNC(=O)CN[C@H](C)c1ccccc1Cl. The summed E-state index contributed by atoms with van der Waals surface area (Å²) < 4.78 is 0. The number of halogens is 1. The van der Waals surface area contributed by atoms with Crippen LogP contribution in [0, 0.1) is 0 Å². The monoisotopic (exact) mass is 268 g/mol. The van der Waals surface area contributed by atoms with Crippen molar-refractivity contribution in [1.82, 2.24) is 10.6 Å². The maximum atomic E-state index is 11.5. The average Bonchev–Trinajstić information content (AvgIpc) is 2.37. The van der Waals surface area contributed by atoms with Crippen molar-refractivity contribution >= 4 is 17.5 Å². The number of hydrogen-bond acceptors (Lipinski definition) is 2. The number of amides is 1. The predicted molar refractivity (Wildman–Crippen MR) is 75.8 cm³/mol. The van der Waals surface area contributed by atoms with E-state index in [1.807, 2.05) is 31.2 Å². The van der Waals surface area contributed by atoms with E-state index in [1.165, 1.54) is 0 Å². The zero-order chi connectivity index (χ0) is 13.4. The molecule has 0 unspecified atom stereocenters. The molecule has 0 saturated carbocycles. The summed E-state index contributed by atoms with van der Waals surface area (Å²) >= 11 is 6.10. The fraction of sp³-hybridized carbons (Fsp3) is 0.500. The first-order chi connectivity index (χ1) is 8.65. The molecule has 1 aromatic carbocycles. The molecule has 18 heavy (non-hydrogen) atoms. The number of carbonyl (C=O) groups is 1. The third-order valence-electron chi connectivity index (χ3n) is 2.79. The van der Waals surface area contributed by atoms with E-state index in [4.69, 9.17) is 11.6 Å². The van der Waals surface area contributed by atoms with Gasteiger partial charge in [0.2, 0.25) is 5.91 Å². The highest BCUT2D eigenvalue weighted by atomic mass is 35.5. The molecule has 0 aromatic heterocycles. The van der Waals surface area contributed by atoms with Crippen LogP contribution in [0.2, 0.25) is 5.02 Å². The Kier molecular flexibility index (Phi) is 6.76. The Morgan fingerprint density at radius 2 is 2.11 bits per heavy atom. The van der Waals surface area contributed by atoms with Gasteiger partial charge in [0.05, 0.1) is 6.54 Å². The van der Waals surface area contributed by atoms with Crippen LogP contribution in [0.25, 0.3) is 0 Å².